The molecule has 1 aliphatic rings. The van der Waals surface area contributed by atoms with Gasteiger partial charge in [-0.1, -0.05) is 55.8 Å². The van der Waals surface area contributed by atoms with Crippen LogP contribution >= 0.6 is 0 Å². The molecule has 0 N–H and O–H groups in total. The van der Waals surface area contributed by atoms with E-state index < -0.39 is 0 Å². The number of nitrogens with zero attached hydrogens (tertiary/aromatic N) is 2. The van der Waals surface area contributed by atoms with E-state index in [9.17, 15) is 4.79 Å². The standard InChI is InChI=1S/C22H28N2O2/c1-2-3-17-26-21-12-8-7-11-20(21)22(25)24-15-13-23(14-16-24)18-19-9-5-4-6-10-19/h4-12H,2-3,13-18H2,1H3. The van der Waals surface area contributed by atoms with E-state index >= 15 is 0 Å². The van der Waals surface area contributed by atoms with Gasteiger partial charge in [0.2, 0.25) is 0 Å². The van der Waals surface area contributed by atoms with Gasteiger partial charge in [-0.05, 0) is 24.1 Å². The summed E-state index contributed by atoms with van der Waals surface area (Å²) in [5, 5.41) is 0. The molecule has 1 heterocycles. The summed E-state index contributed by atoms with van der Waals surface area (Å²) in [6, 6.07) is 18.1. The summed E-state index contributed by atoms with van der Waals surface area (Å²) in [4.78, 5) is 17.3. The third-order valence-electron chi connectivity index (χ3n) is 4.78. The monoisotopic (exact) mass is 352 g/mol. The van der Waals surface area contributed by atoms with Crippen molar-refractivity contribution in [3.8, 4) is 5.75 Å². The quantitative estimate of drug-likeness (QED) is 0.710. The van der Waals surface area contributed by atoms with Crippen molar-refractivity contribution in [3.05, 3.63) is 65.7 Å². The third kappa shape index (κ3) is 4.85. The van der Waals surface area contributed by atoms with Gasteiger partial charge in [0.25, 0.3) is 5.91 Å². The van der Waals surface area contributed by atoms with Gasteiger partial charge >= 0.3 is 0 Å². The molecule has 138 valence electrons. The summed E-state index contributed by atoms with van der Waals surface area (Å²) in [6.07, 6.45) is 2.08. The van der Waals surface area contributed by atoms with Crippen molar-refractivity contribution in [1.82, 2.24) is 9.80 Å². The Balaban J connectivity index is 1.57. The number of hydrogen-bond acceptors (Lipinski definition) is 3. The molecule has 2 aromatic rings. The first-order valence-electron chi connectivity index (χ1n) is 9.55. The molecule has 0 atom stereocenters. The molecule has 2 aromatic carbocycles. The zero-order valence-electron chi connectivity index (χ0n) is 15.6. The van der Waals surface area contributed by atoms with Crippen LogP contribution in [0.4, 0.5) is 0 Å². The predicted molar refractivity (Wildman–Crippen MR) is 104 cm³/mol. The second-order valence-corrected chi connectivity index (χ2v) is 6.75. The van der Waals surface area contributed by atoms with Crippen LogP contribution in [0.3, 0.4) is 0 Å². The maximum Gasteiger partial charge on any atom is 0.257 e. The number of amides is 1. The molecule has 4 heteroatoms. The molecule has 0 aliphatic carbocycles. The highest BCUT2D eigenvalue weighted by Crippen LogP contribution is 2.21. The zero-order chi connectivity index (χ0) is 18.2. The molecule has 26 heavy (non-hydrogen) atoms. The highest BCUT2D eigenvalue weighted by atomic mass is 16.5. The average molecular weight is 352 g/mol. The van der Waals surface area contributed by atoms with Gasteiger partial charge in [-0.25, -0.2) is 0 Å². The topological polar surface area (TPSA) is 32.8 Å². The molecule has 4 nitrogen and oxygen atoms in total. The molecule has 0 radical (unpaired) electrons. The van der Waals surface area contributed by atoms with E-state index in [1.165, 1.54) is 5.56 Å². The van der Waals surface area contributed by atoms with Crippen LogP contribution < -0.4 is 4.74 Å². The maximum atomic E-state index is 12.9. The number of piperazine rings is 1. The number of unbranched alkanes of at least 4 members (excludes halogenated alkanes) is 1. The van der Waals surface area contributed by atoms with Gasteiger partial charge in [-0.15, -0.1) is 0 Å². The van der Waals surface area contributed by atoms with Gasteiger partial charge in [0.05, 0.1) is 12.2 Å². The largest absolute Gasteiger partial charge is 0.493 e. The Morgan fingerprint density at radius 3 is 2.38 bits per heavy atom. The van der Waals surface area contributed by atoms with Crippen molar-refractivity contribution in [2.45, 2.75) is 26.3 Å². The number of hydrogen-bond donors (Lipinski definition) is 0. The molecular formula is C22H28N2O2. The molecule has 0 aromatic heterocycles. The number of carbonyl (C=O) groups is 1. The Hall–Kier alpha value is -2.33. The van der Waals surface area contributed by atoms with E-state index in [2.05, 4.69) is 36.1 Å². The zero-order valence-corrected chi connectivity index (χ0v) is 15.6. The van der Waals surface area contributed by atoms with Gasteiger partial charge in [0.1, 0.15) is 5.75 Å². The number of ether oxygens (including phenoxy) is 1. The van der Waals surface area contributed by atoms with E-state index in [-0.39, 0.29) is 5.91 Å². The van der Waals surface area contributed by atoms with Crippen LogP contribution in [0.15, 0.2) is 54.6 Å². The van der Waals surface area contributed by atoms with E-state index in [1.54, 1.807) is 0 Å². The lowest BCUT2D eigenvalue weighted by atomic mass is 10.1. The van der Waals surface area contributed by atoms with Gasteiger partial charge < -0.3 is 9.64 Å². The van der Waals surface area contributed by atoms with E-state index in [0.717, 1.165) is 45.6 Å². The summed E-state index contributed by atoms with van der Waals surface area (Å²) < 4.78 is 5.83. The summed E-state index contributed by atoms with van der Waals surface area (Å²) in [5.74, 6) is 0.786. The fourth-order valence-electron chi connectivity index (χ4n) is 3.22. The van der Waals surface area contributed by atoms with E-state index in [1.807, 2.05) is 35.2 Å². The molecule has 0 spiro atoms. The predicted octanol–water partition coefficient (Wildman–Crippen LogP) is 3.82. The fraction of sp³-hybridized carbons (Fsp3) is 0.409. The summed E-state index contributed by atoms with van der Waals surface area (Å²) >= 11 is 0. The van der Waals surface area contributed by atoms with Crippen molar-refractivity contribution in [2.75, 3.05) is 32.8 Å². The Labute approximate surface area is 156 Å². The molecule has 1 fully saturated rings. The Morgan fingerprint density at radius 2 is 1.65 bits per heavy atom. The van der Waals surface area contributed by atoms with Crippen molar-refractivity contribution in [1.29, 1.82) is 0 Å². The van der Waals surface area contributed by atoms with Crippen LogP contribution in [0.1, 0.15) is 35.7 Å². The highest BCUT2D eigenvalue weighted by molar-refractivity contribution is 5.97. The smallest absolute Gasteiger partial charge is 0.257 e. The number of carbonyl (C=O) groups excluding carboxylic acids is 1. The minimum atomic E-state index is 0.0801. The van der Waals surface area contributed by atoms with Crippen LogP contribution in [0.25, 0.3) is 0 Å². The van der Waals surface area contributed by atoms with Crippen LogP contribution in [0, 0.1) is 0 Å². The summed E-state index contributed by atoms with van der Waals surface area (Å²) in [5.41, 5.74) is 2.00. The Bertz CT molecular complexity index is 694. The number of para-hydroxylation sites is 1. The molecule has 1 saturated heterocycles. The first-order valence-corrected chi connectivity index (χ1v) is 9.55. The van der Waals surface area contributed by atoms with Crippen LogP contribution in [-0.4, -0.2) is 48.5 Å². The van der Waals surface area contributed by atoms with Crippen molar-refractivity contribution in [2.24, 2.45) is 0 Å². The molecule has 1 aliphatic heterocycles. The van der Waals surface area contributed by atoms with Gasteiger partial charge in [-0.3, -0.25) is 9.69 Å². The number of benzene rings is 2. The van der Waals surface area contributed by atoms with Crippen molar-refractivity contribution >= 4 is 5.91 Å². The van der Waals surface area contributed by atoms with Crippen LogP contribution in [0.2, 0.25) is 0 Å². The molecule has 0 saturated carbocycles. The van der Waals surface area contributed by atoms with Gasteiger partial charge in [0, 0.05) is 32.7 Å². The highest BCUT2D eigenvalue weighted by Gasteiger charge is 2.24. The second-order valence-electron chi connectivity index (χ2n) is 6.75. The second kappa shape index (κ2) is 9.39. The van der Waals surface area contributed by atoms with Gasteiger partial charge in [0.15, 0.2) is 0 Å². The SMILES string of the molecule is CCCCOc1ccccc1C(=O)N1CCN(Cc2ccccc2)CC1. The summed E-state index contributed by atoms with van der Waals surface area (Å²) in [6.45, 7) is 7.06. The minimum Gasteiger partial charge on any atom is -0.493 e. The van der Waals surface area contributed by atoms with Crippen molar-refractivity contribution < 1.29 is 9.53 Å². The van der Waals surface area contributed by atoms with E-state index in [0.29, 0.717) is 17.9 Å². The average Bonchev–Trinajstić information content (AvgIpc) is 2.69. The maximum absolute atomic E-state index is 12.9. The molecule has 0 unspecified atom stereocenters. The Kier molecular flexibility index (Phi) is 6.67. The molecule has 1 amide bonds. The van der Waals surface area contributed by atoms with Crippen LogP contribution in [0.5, 0.6) is 5.75 Å². The lowest BCUT2D eigenvalue weighted by Crippen LogP contribution is -2.48. The van der Waals surface area contributed by atoms with Gasteiger partial charge in [-0.2, -0.15) is 0 Å². The Morgan fingerprint density at radius 1 is 0.962 bits per heavy atom. The normalized spacial score (nSPS) is 15.0. The van der Waals surface area contributed by atoms with Crippen LogP contribution in [-0.2, 0) is 6.54 Å². The first kappa shape index (κ1) is 18.5. The molecule has 3 rings (SSSR count). The molecule has 0 bridgehead atoms. The first-order chi connectivity index (χ1) is 12.8. The molecular weight excluding hydrogens is 324 g/mol. The minimum absolute atomic E-state index is 0.0801. The lowest BCUT2D eigenvalue weighted by Gasteiger charge is -2.35. The third-order valence-corrected chi connectivity index (χ3v) is 4.78. The lowest BCUT2D eigenvalue weighted by molar-refractivity contribution is 0.0624. The van der Waals surface area contributed by atoms with E-state index in [4.69, 9.17) is 4.74 Å². The number of rotatable bonds is 7. The van der Waals surface area contributed by atoms with Crippen molar-refractivity contribution in [3.63, 3.8) is 0 Å². The summed E-state index contributed by atoms with van der Waals surface area (Å²) in [7, 11) is 0. The fourth-order valence-corrected chi connectivity index (χ4v) is 3.22.